The molecule has 0 radical (unpaired) electrons. The van der Waals surface area contributed by atoms with Gasteiger partial charge in [0.2, 0.25) is 5.91 Å². The third kappa shape index (κ3) is 5.84. The minimum Gasteiger partial charge on any atom is -0.391 e. The number of hydrogen-bond acceptors (Lipinski definition) is 3. The lowest BCUT2D eigenvalue weighted by Crippen LogP contribution is -2.36. The summed E-state index contributed by atoms with van der Waals surface area (Å²) in [6.45, 7) is 4.29. The number of rotatable bonds is 7. The molecule has 0 saturated heterocycles. The van der Waals surface area contributed by atoms with Gasteiger partial charge in [-0.2, -0.15) is 0 Å². The molecule has 0 saturated carbocycles. The molecule has 5 heteroatoms. The van der Waals surface area contributed by atoms with E-state index in [0.29, 0.717) is 5.56 Å². The average molecular weight is 278 g/mol. The molecule has 1 aromatic carbocycles. The number of nitrogens with one attached hydrogen (secondary N) is 2. The Balaban J connectivity index is 2.21. The van der Waals surface area contributed by atoms with Crippen LogP contribution in [0.2, 0.25) is 0 Å². The molecule has 0 aliphatic heterocycles. The highest BCUT2D eigenvalue weighted by Gasteiger charge is 2.11. The molecule has 0 aromatic heterocycles. The van der Waals surface area contributed by atoms with Crippen molar-refractivity contribution in [2.75, 3.05) is 13.1 Å². The normalized spacial score (nSPS) is 12.0. The van der Waals surface area contributed by atoms with E-state index >= 15 is 0 Å². The average Bonchev–Trinajstić information content (AvgIpc) is 2.45. The van der Waals surface area contributed by atoms with Gasteiger partial charge in [-0.15, -0.1) is 0 Å². The number of aliphatic hydroxyl groups excluding tert-OH is 1. The van der Waals surface area contributed by atoms with E-state index in [2.05, 4.69) is 10.6 Å². The molecular weight excluding hydrogens is 256 g/mol. The zero-order chi connectivity index (χ0) is 15.0. The van der Waals surface area contributed by atoms with E-state index in [-0.39, 0.29) is 37.2 Å². The Morgan fingerprint density at radius 1 is 1.15 bits per heavy atom. The highest BCUT2D eigenvalue weighted by molar-refractivity contribution is 5.94. The van der Waals surface area contributed by atoms with Crippen molar-refractivity contribution in [1.29, 1.82) is 0 Å². The van der Waals surface area contributed by atoms with Gasteiger partial charge in [-0.1, -0.05) is 32.0 Å². The molecule has 1 unspecified atom stereocenters. The van der Waals surface area contributed by atoms with E-state index in [1.54, 1.807) is 24.3 Å². The molecular formula is C15H22N2O3. The van der Waals surface area contributed by atoms with Gasteiger partial charge >= 0.3 is 0 Å². The topological polar surface area (TPSA) is 78.4 Å². The summed E-state index contributed by atoms with van der Waals surface area (Å²) in [6, 6.07) is 8.84. The van der Waals surface area contributed by atoms with E-state index in [4.69, 9.17) is 0 Å². The predicted molar refractivity (Wildman–Crippen MR) is 77.2 cm³/mol. The Kier molecular flexibility index (Phi) is 6.73. The van der Waals surface area contributed by atoms with Crippen molar-refractivity contribution in [3.8, 4) is 0 Å². The van der Waals surface area contributed by atoms with Crippen molar-refractivity contribution in [2.45, 2.75) is 26.4 Å². The second-order valence-electron chi connectivity index (χ2n) is 4.99. The van der Waals surface area contributed by atoms with Gasteiger partial charge in [0.1, 0.15) is 0 Å². The van der Waals surface area contributed by atoms with Gasteiger partial charge in [0.15, 0.2) is 0 Å². The van der Waals surface area contributed by atoms with Crippen LogP contribution in [0.5, 0.6) is 0 Å². The van der Waals surface area contributed by atoms with Crippen molar-refractivity contribution in [2.24, 2.45) is 5.92 Å². The van der Waals surface area contributed by atoms with Crippen LogP contribution in [0.4, 0.5) is 0 Å². The Bertz CT molecular complexity index is 432. The van der Waals surface area contributed by atoms with Crippen LogP contribution in [0.3, 0.4) is 0 Å². The second kappa shape index (κ2) is 8.32. The third-order valence-corrected chi connectivity index (χ3v) is 2.95. The van der Waals surface area contributed by atoms with Crippen molar-refractivity contribution >= 4 is 11.8 Å². The summed E-state index contributed by atoms with van der Waals surface area (Å²) in [4.78, 5) is 23.2. The van der Waals surface area contributed by atoms with Crippen LogP contribution in [0.15, 0.2) is 30.3 Å². The van der Waals surface area contributed by atoms with Crippen LogP contribution in [-0.2, 0) is 4.79 Å². The van der Waals surface area contributed by atoms with Crippen molar-refractivity contribution in [1.82, 2.24) is 10.6 Å². The van der Waals surface area contributed by atoms with Gasteiger partial charge in [0.05, 0.1) is 6.10 Å². The lowest BCUT2D eigenvalue weighted by molar-refractivity contribution is -0.121. The summed E-state index contributed by atoms with van der Waals surface area (Å²) < 4.78 is 0. The van der Waals surface area contributed by atoms with Crippen LogP contribution in [0.25, 0.3) is 0 Å². The van der Waals surface area contributed by atoms with Crippen LogP contribution in [0, 0.1) is 5.92 Å². The zero-order valence-corrected chi connectivity index (χ0v) is 11.9. The second-order valence-corrected chi connectivity index (χ2v) is 4.99. The molecule has 0 spiro atoms. The van der Waals surface area contributed by atoms with E-state index in [0.717, 1.165) is 0 Å². The lowest BCUT2D eigenvalue weighted by Gasteiger charge is -2.15. The number of amides is 2. The molecule has 1 aromatic rings. The van der Waals surface area contributed by atoms with Crippen LogP contribution in [-0.4, -0.2) is 36.1 Å². The smallest absolute Gasteiger partial charge is 0.251 e. The van der Waals surface area contributed by atoms with Crippen molar-refractivity contribution < 1.29 is 14.7 Å². The molecule has 0 bridgehead atoms. The van der Waals surface area contributed by atoms with E-state index in [9.17, 15) is 14.7 Å². The summed E-state index contributed by atoms with van der Waals surface area (Å²) in [7, 11) is 0. The fourth-order valence-electron chi connectivity index (χ4n) is 1.52. The predicted octanol–water partition coefficient (Wildman–Crippen LogP) is 0.940. The number of carbonyl (C=O) groups is 2. The molecule has 5 nitrogen and oxygen atoms in total. The number of benzene rings is 1. The minimum atomic E-state index is -0.544. The summed E-state index contributed by atoms with van der Waals surface area (Å²) >= 11 is 0. The molecule has 0 heterocycles. The quantitative estimate of drug-likeness (QED) is 0.694. The maximum Gasteiger partial charge on any atom is 0.251 e. The molecule has 20 heavy (non-hydrogen) atoms. The fourth-order valence-corrected chi connectivity index (χ4v) is 1.52. The zero-order valence-electron chi connectivity index (χ0n) is 11.9. The van der Waals surface area contributed by atoms with E-state index in [1.807, 2.05) is 19.9 Å². The first kappa shape index (κ1) is 16.2. The van der Waals surface area contributed by atoms with Crippen LogP contribution >= 0.6 is 0 Å². The van der Waals surface area contributed by atoms with Crippen molar-refractivity contribution in [3.63, 3.8) is 0 Å². The summed E-state index contributed by atoms with van der Waals surface area (Å²) in [5, 5.41) is 14.9. The number of aliphatic hydroxyl groups is 1. The largest absolute Gasteiger partial charge is 0.391 e. The Hall–Kier alpha value is -1.88. The van der Waals surface area contributed by atoms with Gasteiger partial charge < -0.3 is 15.7 Å². The molecule has 0 fully saturated rings. The van der Waals surface area contributed by atoms with Crippen molar-refractivity contribution in [3.05, 3.63) is 35.9 Å². The number of carbonyl (C=O) groups excluding carboxylic acids is 2. The monoisotopic (exact) mass is 278 g/mol. The molecule has 1 atom stereocenters. The molecule has 0 aliphatic carbocycles. The van der Waals surface area contributed by atoms with E-state index in [1.165, 1.54) is 0 Å². The fraction of sp³-hybridized carbons (Fsp3) is 0.467. The van der Waals surface area contributed by atoms with Gasteiger partial charge in [-0.05, 0) is 18.1 Å². The Labute approximate surface area is 119 Å². The first-order chi connectivity index (χ1) is 9.50. The van der Waals surface area contributed by atoms with Gasteiger partial charge in [0, 0.05) is 25.1 Å². The van der Waals surface area contributed by atoms with Crippen LogP contribution in [0.1, 0.15) is 30.6 Å². The summed E-state index contributed by atoms with van der Waals surface area (Å²) in [6.07, 6.45) is -0.346. The Morgan fingerprint density at radius 3 is 2.40 bits per heavy atom. The molecule has 3 N–H and O–H groups in total. The first-order valence-corrected chi connectivity index (χ1v) is 6.78. The third-order valence-electron chi connectivity index (χ3n) is 2.95. The highest BCUT2D eigenvalue weighted by atomic mass is 16.3. The van der Waals surface area contributed by atoms with Gasteiger partial charge in [-0.25, -0.2) is 0 Å². The number of hydrogen-bond donors (Lipinski definition) is 3. The molecule has 2 amide bonds. The summed E-state index contributed by atoms with van der Waals surface area (Å²) in [5.41, 5.74) is 0.572. The minimum absolute atomic E-state index is 0.105. The standard InChI is InChI=1S/C15H22N2O3/c1-11(2)13(18)10-17-14(19)8-9-16-15(20)12-6-4-3-5-7-12/h3-7,11,13,18H,8-10H2,1-2H3,(H,16,20)(H,17,19). The molecule has 110 valence electrons. The van der Waals surface area contributed by atoms with E-state index < -0.39 is 6.10 Å². The van der Waals surface area contributed by atoms with Crippen LogP contribution < -0.4 is 10.6 Å². The van der Waals surface area contributed by atoms with Gasteiger partial charge in [0.25, 0.3) is 5.91 Å². The summed E-state index contributed by atoms with van der Waals surface area (Å²) in [5.74, 6) is -0.272. The Morgan fingerprint density at radius 2 is 1.80 bits per heavy atom. The SMILES string of the molecule is CC(C)C(O)CNC(=O)CCNC(=O)c1ccccc1. The molecule has 1 rings (SSSR count). The maximum atomic E-state index is 11.7. The van der Waals surface area contributed by atoms with Gasteiger partial charge in [-0.3, -0.25) is 9.59 Å². The lowest BCUT2D eigenvalue weighted by atomic mass is 10.1. The highest BCUT2D eigenvalue weighted by Crippen LogP contribution is 1.99. The maximum absolute atomic E-state index is 11.7. The molecule has 0 aliphatic rings. The first-order valence-electron chi connectivity index (χ1n) is 6.78.